The molecule has 31 heavy (non-hydrogen) atoms. The van der Waals surface area contributed by atoms with E-state index in [0.717, 1.165) is 35.6 Å². The number of carbonyl (C=O) groups is 1. The van der Waals surface area contributed by atoms with E-state index in [4.69, 9.17) is 14.2 Å². The molecule has 2 aromatic carbocycles. The highest BCUT2D eigenvalue weighted by molar-refractivity contribution is 9.10. The maximum atomic E-state index is 12.6. The number of amides is 1. The molecular weight excluding hydrogens is 460 g/mol. The standard InChI is InChI=1S/C24H29BrN2O4/c1-24(2,3)18-5-7-20(19(25)13-18)29-15-23(28)27-10-8-26(9-11-27)14-17-4-6-21-22(12-17)31-16-30-21/h4-7,12-13H,8-11,14-16H2,1-3H3. The smallest absolute Gasteiger partial charge is 0.260 e. The van der Waals surface area contributed by atoms with E-state index in [1.54, 1.807) is 0 Å². The number of carbonyl (C=O) groups excluding carboxylic acids is 1. The molecule has 2 aliphatic heterocycles. The third-order valence-corrected chi connectivity index (χ3v) is 6.34. The lowest BCUT2D eigenvalue weighted by molar-refractivity contribution is -0.135. The van der Waals surface area contributed by atoms with Gasteiger partial charge in [0.15, 0.2) is 18.1 Å². The van der Waals surface area contributed by atoms with Crippen molar-refractivity contribution in [2.24, 2.45) is 0 Å². The van der Waals surface area contributed by atoms with Gasteiger partial charge in [-0.05, 0) is 56.7 Å². The van der Waals surface area contributed by atoms with E-state index in [-0.39, 0.29) is 17.9 Å². The monoisotopic (exact) mass is 488 g/mol. The molecule has 2 aromatic rings. The molecule has 0 bridgehead atoms. The van der Waals surface area contributed by atoms with Gasteiger partial charge in [0.05, 0.1) is 4.47 Å². The maximum absolute atomic E-state index is 12.6. The molecule has 2 aliphatic rings. The Labute approximate surface area is 192 Å². The summed E-state index contributed by atoms with van der Waals surface area (Å²) in [5, 5.41) is 0. The van der Waals surface area contributed by atoms with Crippen LogP contribution < -0.4 is 14.2 Å². The Balaban J connectivity index is 1.25. The molecule has 0 aromatic heterocycles. The quantitative estimate of drug-likeness (QED) is 0.631. The summed E-state index contributed by atoms with van der Waals surface area (Å²) in [5.41, 5.74) is 2.48. The second-order valence-corrected chi connectivity index (χ2v) is 9.88. The highest BCUT2D eigenvalue weighted by Gasteiger charge is 2.23. The SMILES string of the molecule is CC(C)(C)c1ccc(OCC(=O)N2CCN(Cc3ccc4c(c3)OCO4)CC2)c(Br)c1. The summed E-state index contributed by atoms with van der Waals surface area (Å²) < 4.78 is 17.5. The summed E-state index contributed by atoms with van der Waals surface area (Å²) >= 11 is 3.57. The van der Waals surface area contributed by atoms with Gasteiger partial charge in [-0.1, -0.05) is 32.9 Å². The molecule has 0 aliphatic carbocycles. The average molecular weight is 489 g/mol. The van der Waals surface area contributed by atoms with Crippen molar-refractivity contribution in [3.8, 4) is 17.2 Å². The first-order valence-corrected chi connectivity index (χ1v) is 11.4. The molecule has 166 valence electrons. The van der Waals surface area contributed by atoms with Crippen molar-refractivity contribution < 1.29 is 19.0 Å². The number of halogens is 1. The molecule has 1 fully saturated rings. The van der Waals surface area contributed by atoms with Gasteiger partial charge < -0.3 is 19.1 Å². The molecule has 1 saturated heterocycles. The minimum atomic E-state index is 0.0227. The normalized spacial score (nSPS) is 16.5. The molecular formula is C24H29BrN2O4. The number of rotatable bonds is 5. The number of nitrogens with zero attached hydrogens (tertiary/aromatic N) is 2. The predicted octanol–water partition coefficient (Wildman–Crippen LogP) is 4.20. The fraction of sp³-hybridized carbons (Fsp3) is 0.458. The molecule has 0 spiro atoms. The van der Waals surface area contributed by atoms with Gasteiger partial charge >= 0.3 is 0 Å². The molecule has 0 atom stereocenters. The van der Waals surface area contributed by atoms with E-state index >= 15 is 0 Å². The highest BCUT2D eigenvalue weighted by atomic mass is 79.9. The Morgan fingerprint density at radius 3 is 2.48 bits per heavy atom. The summed E-state index contributed by atoms with van der Waals surface area (Å²) in [6.45, 7) is 10.8. The highest BCUT2D eigenvalue weighted by Crippen LogP contribution is 2.33. The Hall–Kier alpha value is -2.25. The minimum Gasteiger partial charge on any atom is -0.483 e. The zero-order chi connectivity index (χ0) is 22.0. The fourth-order valence-electron chi connectivity index (χ4n) is 3.77. The van der Waals surface area contributed by atoms with Crippen molar-refractivity contribution in [3.63, 3.8) is 0 Å². The Morgan fingerprint density at radius 1 is 1.03 bits per heavy atom. The van der Waals surface area contributed by atoms with Crippen molar-refractivity contribution in [2.75, 3.05) is 39.6 Å². The molecule has 6 nitrogen and oxygen atoms in total. The van der Waals surface area contributed by atoms with Crippen molar-refractivity contribution >= 4 is 21.8 Å². The van der Waals surface area contributed by atoms with Crippen LogP contribution in [0.3, 0.4) is 0 Å². The number of ether oxygens (including phenoxy) is 3. The van der Waals surface area contributed by atoms with E-state index in [0.29, 0.717) is 25.6 Å². The molecule has 2 heterocycles. The van der Waals surface area contributed by atoms with Gasteiger partial charge in [-0.25, -0.2) is 0 Å². The van der Waals surface area contributed by atoms with Crippen LogP contribution in [-0.2, 0) is 16.8 Å². The van der Waals surface area contributed by atoms with Crippen LogP contribution >= 0.6 is 15.9 Å². The summed E-state index contributed by atoms with van der Waals surface area (Å²) in [4.78, 5) is 16.9. The Kier molecular flexibility index (Phi) is 6.44. The van der Waals surface area contributed by atoms with Crippen LogP contribution in [0, 0.1) is 0 Å². The van der Waals surface area contributed by atoms with Crippen molar-refractivity contribution in [3.05, 3.63) is 52.0 Å². The number of piperazine rings is 1. The first kappa shape index (κ1) is 22.0. The van der Waals surface area contributed by atoms with E-state index < -0.39 is 0 Å². The third kappa shape index (κ3) is 5.33. The van der Waals surface area contributed by atoms with Crippen LogP contribution in [0.25, 0.3) is 0 Å². The Bertz CT molecular complexity index is 949. The zero-order valence-corrected chi connectivity index (χ0v) is 19.9. The minimum absolute atomic E-state index is 0.0227. The van der Waals surface area contributed by atoms with E-state index in [2.05, 4.69) is 59.8 Å². The zero-order valence-electron chi connectivity index (χ0n) is 18.3. The lowest BCUT2D eigenvalue weighted by Gasteiger charge is -2.34. The summed E-state index contributed by atoms with van der Waals surface area (Å²) in [6, 6.07) is 12.1. The molecule has 0 radical (unpaired) electrons. The van der Waals surface area contributed by atoms with E-state index in [1.807, 2.05) is 23.1 Å². The first-order valence-electron chi connectivity index (χ1n) is 10.6. The average Bonchev–Trinajstić information content (AvgIpc) is 3.20. The molecule has 7 heteroatoms. The van der Waals surface area contributed by atoms with Crippen molar-refractivity contribution in [1.29, 1.82) is 0 Å². The van der Waals surface area contributed by atoms with Gasteiger partial charge in [-0.3, -0.25) is 9.69 Å². The lowest BCUT2D eigenvalue weighted by Crippen LogP contribution is -2.49. The molecule has 4 rings (SSSR count). The lowest BCUT2D eigenvalue weighted by atomic mass is 9.87. The van der Waals surface area contributed by atoms with Crippen LogP contribution in [0.15, 0.2) is 40.9 Å². The number of fused-ring (bicyclic) bond motifs is 1. The number of hydrogen-bond acceptors (Lipinski definition) is 5. The third-order valence-electron chi connectivity index (χ3n) is 5.72. The van der Waals surface area contributed by atoms with Gasteiger partial charge in [-0.2, -0.15) is 0 Å². The van der Waals surface area contributed by atoms with Gasteiger partial charge in [0, 0.05) is 32.7 Å². The largest absolute Gasteiger partial charge is 0.483 e. The second kappa shape index (κ2) is 9.09. The van der Waals surface area contributed by atoms with Crippen LogP contribution in [0.1, 0.15) is 31.9 Å². The first-order chi connectivity index (χ1) is 14.8. The summed E-state index contributed by atoms with van der Waals surface area (Å²) in [6.07, 6.45) is 0. The maximum Gasteiger partial charge on any atom is 0.260 e. The van der Waals surface area contributed by atoms with Gasteiger partial charge in [0.2, 0.25) is 6.79 Å². The molecule has 1 amide bonds. The predicted molar refractivity (Wildman–Crippen MR) is 123 cm³/mol. The van der Waals surface area contributed by atoms with Crippen LogP contribution in [0.2, 0.25) is 0 Å². The summed E-state index contributed by atoms with van der Waals surface area (Å²) in [7, 11) is 0. The van der Waals surface area contributed by atoms with E-state index in [9.17, 15) is 4.79 Å². The topological polar surface area (TPSA) is 51.2 Å². The van der Waals surface area contributed by atoms with Gasteiger partial charge in [0.25, 0.3) is 5.91 Å². The summed E-state index contributed by atoms with van der Waals surface area (Å²) in [5.74, 6) is 2.33. The van der Waals surface area contributed by atoms with E-state index in [1.165, 1.54) is 11.1 Å². The fourth-order valence-corrected chi connectivity index (χ4v) is 4.26. The van der Waals surface area contributed by atoms with Gasteiger partial charge in [-0.15, -0.1) is 0 Å². The van der Waals surface area contributed by atoms with Crippen LogP contribution in [-0.4, -0.2) is 55.3 Å². The van der Waals surface area contributed by atoms with Crippen molar-refractivity contribution in [1.82, 2.24) is 9.80 Å². The second-order valence-electron chi connectivity index (χ2n) is 9.03. The van der Waals surface area contributed by atoms with Crippen molar-refractivity contribution in [2.45, 2.75) is 32.7 Å². The molecule has 0 N–H and O–H groups in total. The molecule has 0 saturated carbocycles. The van der Waals surface area contributed by atoms with Gasteiger partial charge in [0.1, 0.15) is 5.75 Å². The van der Waals surface area contributed by atoms with Crippen LogP contribution in [0.4, 0.5) is 0 Å². The number of hydrogen-bond donors (Lipinski definition) is 0. The Morgan fingerprint density at radius 2 is 1.77 bits per heavy atom. The molecule has 0 unspecified atom stereocenters. The van der Waals surface area contributed by atoms with Crippen LogP contribution in [0.5, 0.6) is 17.2 Å². The number of benzene rings is 2.